The monoisotopic (exact) mass is 332 g/mol. The van der Waals surface area contributed by atoms with Crippen molar-refractivity contribution in [1.82, 2.24) is 0 Å². The van der Waals surface area contributed by atoms with E-state index in [0.29, 0.717) is 5.75 Å². The molecule has 0 saturated heterocycles. The van der Waals surface area contributed by atoms with Gasteiger partial charge in [0.1, 0.15) is 10.6 Å². The molecule has 124 valence electrons. The molecule has 0 N–H and O–H groups in total. The Morgan fingerprint density at radius 1 is 1.00 bits per heavy atom. The van der Waals surface area contributed by atoms with Crippen LogP contribution in [0.15, 0.2) is 47.4 Å². The lowest BCUT2D eigenvalue weighted by atomic mass is 9.87. The molecule has 0 radical (unpaired) electrons. The first kappa shape index (κ1) is 17.5. The van der Waals surface area contributed by atoms with Crippen molar-refractivity contribution < 1.29 is 12.6 Å². The quantitative estimate of drug-likeness (QED) is 0.767. The molecule has 2 rings (SSSR count). The van der Waals surface area contributed by atoms with Gasteiger partial charge in [0.05, 0.1) is 0 Å². The van der Waals surface area contributed by atoms with E-state index >= 15 is 0 Å². The normalized spacial score (nSPS) is 12.2. The molecule has 0 atom stereocenters. The summed E-state index contributed by atoms with van der Waals surface area (Å²) in [5.41, 5.74) is 2.91. The third-order valence-electron chi connectivity index (χ3n) is 3.87. The summed E-state index contributed by atoms with van der Waals surface area (Å²) in [6, 6.07) is 12.5. The first-order valence-corrected chi connectivity index (χ1v) is 9.19. The van der Waals surface area contributed by atoms with E-state index in [4.69, 9.17) is 4.18 Å². The van der Waals surface area contributed by atoms with Gasteiger partial charge in [-0.15, -0.1) is 0 Å². The molecule has 0 amide bonds. The summed E-state index contributed by atoms with van der Waals surface area (Å²) in [5.74, 6) is 0.393. The smallest absolute Gasteiger partial charge is 0.339 e. The highest BCUT2D eigenvalue weighted by Crippen LogP contribution is 2.27. The second-order valence-electron chi connectivity index (χ2n) is 6.77. The van der Waals surface area contributed by atoms with E-state index in [9.17, 15) is 8.42 Å². The maximum atomic E-state index is 12.5. The summed E-state index contributed by atoms with van der Waals surface area (Å²) >= 11 is 0. The van der Waals surface area contributed by atoms with E-state index in [1.807, 2.05) is 38.1 Å². The van der Waals surface area contributed by atoms with Crippen LogP contribution in [0.2, 0.25) is 0 Å². The van der Waals surface area contributed by atoms with Gasteiger partial charge >= 0.3 is 10.1 Å². The van der Waals surface area contributed by atoms with Crippen molar-refractivity contribution in [2.24, 2.45) is 0 Å². The number of hydrogen-bond acceptors (Lipinski definition) is 3. The Balaban J connectivity index is 2.32. The summed E-state index contributed by atoms with van der Waals surface area (Å²) in [5, 5.41) is 0. The molecule has 0 bridgehead atoms. The van der Waals surface area contributed by atoms with Crippen LogP contribution in [-0.2, 0) is 22.0 Å². The van der Waals surface area contributed by atoms with Crippen LogP contribution in [-0.4, -0.2) is 8.42 Å². The molecule has 23 heavy (non-hydrogen) atoms. The molecule has 0 aliphatic carbocycles. The van der Waals surface area contributed by atoms with Gasteiger partial charge in [0.15, 0.2) is 0 Å². The van der Waals surface area contributed by atoms with E-state index < -0.39 is 10.1 Å². The summed E-state index contributed by atoms with van der Waals surface area (Å²) in [6.07, 6.45) is 0.830. The molecular weight excluding hydrogens is 308 g/mol. The molecule has 0 heterocycles. The zero-order valence-electron chi connectivity index (χ0n) is 14.4. The van der Waals surface area contributed by atoms with Gasteiger partial charge in [0.25, 0.3) is 0 Å². The van der Waals surface area contributed by atoms with Crippen molar-refractivity contribution in [3.63, 3.8) is 0 Å². The van der Waals surface area contributed by atoms with Crippen molar-refractivity contribution in [2.75, 3.05) is 0 Å². The molecule has 0 saturated carbocycles. The van der Waals surface area contributed by atoms with Gasteiger partial charge in [-0.1, -0.05) is 52.0 Å². The second-order valence-corrected chi connectivity index (χ2v) is 8.31. The van der Waals surface area contributed by atoms with Gasteiger partial charge in [0.2, 0.25) is 0 Å². The van der Waals surface area contributed by atoms with Crippen LogP contribution in [0.25, 0.3) is 0 Å². The Kier molecular flexibility index (Phi) is 4.85. The number of hydrogen-bond donors (Lipinski definition) is 0. The molecule has 0 unspecified atom stereocenters. The third-order valence-corrected chi connectivity index (χ3v) is 5.12. The lowest BCUT2D eigenvalue weighted by molar-refractivity contribution is 0.483. The molecule has 0 aliphatic rings. The Morgan fingerprint density at radius 2 is 1.61 bits per heavy atom. The van der Waals surface area contributed by atoms with Gasteiger partial charge in [0, 0.05) is 0 Å². The SMILES string of the molecule is CCc1ccc(C)c(OS(=O)(=O)c2ccc(C(C)(C)C)cc2)c1. The van der Waals surface area contributed by atoms with Gasteiger partial charge in [-0.2, -0.15) is 8.42 Å². The van der Waals surface area contributed by atoms with Gasteiger partial charge < -0.3 is 4.18 Å². The van der Waals surface area contributed by atoms with Crippen molar-refractivity contribution in [3.05, 3.63) is 59.2 Å². The average molecular weight is 332 g/mol. The van der Waals surface area contributed by atoms with Crippen molar-refractivity contribution in [3.8, 4) is 5.75 Å². The topological polar surface area (TPSA) is 43.4 Å². The second kappa shape index (κ2) is 6.36. The lowest BCUT2D eigenvalue weighted by Gasteiger charge is -2.19. The highest BCUT2D eigenvalue weighted by atomic mass is 32.2. The van der Waals surface area contributed by atoms with E-state index in [2.05, 4.69) is 20.8 Å². The minimum atomic E-state index is -3.82. The molecule has 0 spiro atoms. The van der Waals surface area contributed by atoms with E-state index in [1.54, 1.807) is 18.2 Å². The number of aryl methyl sites for hydroxylation is 2. The van der Waals surface area contributed by atoms with E-state index in [-0.39, 0.29) is 10.3 Å². The first-order valence-electron chi connectivity index (χ1n) is 7.78. The molecule has 0 fully saturated rings. The summed E-state index contributed by atoms with van der Waals surface area (Å²) in [6.45, 7) is 10.1. The zero-order chi connectivity index (χ0) is 17.3. The van der Waals surface area contributed by atoms with Crippen LogP contribution in [0, 0.1) is 6.92 Å². The summed E-state index contributed by atoms with van der Waals surface area (Å²) in [7, 11) is -3.82. The Hall–Kier alpha value is -1.81. The molecule has 2 aromatic rings. The minimum Gasteiger partial charge on any atom is -0.379 e. The van der Waals surface area contributed by atoms with Crippen LogP contribution in [0.5, 0.6) is 5.75 Å². The van der Waals surface area contributed by atoms with E-state index in [1.165, 1.54) is 0 Å². The Morgan fingerprint density at radius 3 is 2.13 bits per heavy atom. The maximum Gasteiger partial charge on any atom is 0.339 e. The van der Waals surface area contributed by atoms with Gasteiger partial charge in [-0.05, 0) is 53.6 Å². The Bertz CT molecular complexity index is 782. The number of benzene rings is 2. The first-order chi connectivity index (χ1) is 10.6. The zero-order valence-corrected chi connectivity index (χ0v) is 15.2. The van der Waals surface area contributed by atoms with Crippen LogP contribution >= 0.6 is 0 Å². The molecule has 3 nitrogen and oxygen atoms in total. The van der Waals surface area contributed by atoms with Gasteiger partial charge in [-0.3, -0.25) is 0 Å². The summed E-state index contributed by atoms with van der Waals surface area (Å²) < 4.78 is 30.3. The lowest BCUT2D eigenvalue weighted by Crippen LogP contribution is -2.13. The standard InChI is InChI=1S/C19H24O3S/c1-6-15-8-7-14(2)18(13-15)22-23(20,21)17-11-9-16(10-12-17)19(3,4)5/h7-13H,6H2,1-5H3. The molecule has 2 aromatic carbocycles. The predicted molar refractivity (Wildman–Crippen MR) is 93.5 cm³/mol. The third kappa shape index (κ3) is 4.14. The van der Waals surface area contributed by atoms with Crippen molar-refractivity contribution >= 4 is 10.1 Å². The van der Waals surface area contributed by atoms with Crippen LogP contribution in [0.4, 0.5) is 0 Å². The fourth-order valence-corrected chi connectivity index (χ4v) is 3.22. The highest BCUT2D eigenvalue weighted by Gasteiger charge is 2.20. The predicted octanol–water partition coefficient (Wildman–Crippen LogP) is 4.62. The van der Waals surface area contributed by atoms with Crippen LogP contribution in [0.3, 0.4) is 0 Å². The highest BCUT2D eigenvalue weighted by molar-refractivity contribution is 7.87. The summed E-state index contributed by atoms with van der Waals surface area (Å²) in [4.78, 5) is 0.173. The van der Waals surface area contributed by atoms with E-state index in [0.717, 1.165) is 23.1 Å². The minimum absolute atomic E-state index is 0.0187. The van der Waals surface area contributed by atoms with Crippen molar-refractivity contribution in [1.29, 1.82) is 0 Å². The fourth-order valence-electron chi connectivity index (χ4n) is 2.24. The van der Waals surface area contributed by atoms with Crippen LogP contribution in [0.1, 0.15) is 44.4 Å². The molecular formula is C19H24O3S. The van der Waals surface area contributed by atoms with Crippen LogP contribution < -0.4 is 4.18 Å². The largest absolute Gasteiger partial charge is 0.379 e. The Labute approximate surface area is 139 Å². The average Bonchev–Trinajstić information content (AvgIpc) is 2.48. The van der Waals surface area contributed by atoms with Gasteiger partial charge in [-0.25, -0.2) is 0 Å². The number of rotatable bonds is 4. The maximum absolute atomic E-state index is 12.5. The molecule has 4 heteroatoms. The fraction of sp³-hybridized carbons (Fsp3) is 0.368. The molecule has 0 aliphatic heterocycles. The van der Waals surface area contributed by atoms with Crippen molar-refractivity contribution in [2.45, 2.75) is 51.3 Å². The molecule has 0 aromatic heterocycles.